The molecule has 0 aliphatic carbocycles. The molecule has 2 N–H and O–H groups in total. The van der Waals surface area contributed by atoms with E-state index in [4.69, 9.17) is 10.5 Å². The van der Waals surface area contributed by atoms with Crippen LogP contribution in [0.15, 0.2) is 12.4 Å². The first kappa shape index (κ1) is 14.7. The van der Waals surface area contributed by atoms with Crippen LogP contribution in [0.2, 0.25) is 0 Å². The van der Waals surface area contributed by atoms with E-state index in [1.807, 2.05) is 0 Å². The fourth-order valence-corrected chi connectivity index (χ4v) is 1.93. The monoisotopic (exact) mass is 251 g/mol. The number of ether oxygens (including phenoxy) is 1. The van der Waals surface area contributed by atoms with Gasteiger partial charge in [0.1, 0.15) is 5.60 Å². The highest BCUT2D eigenvalue weighted by molar-refractivity contribution is 5.30. The number of hydrogen-bond acceptors (Lipinski definition) is 4. The second-order valence-electron chi connectivity index (χ2n) is 5.06. The first-order valence-electron chi connectivity index (χ1n) is 6.86. The van der Waals surface area contributed by atoms with Gasteiger partial charge in [0.05, 0.1) is 18.1 Å². The van der Waals surface area contributed by atoms with E-state index in [1.165, 1.54) is 12.8 Å². The number of nitrogen functional groups attached to an aromatic ring is 1. The number of nitrogens with zero attached hydrogens (tertiary/aromatic N) is 2. The first-order valence-corrected chi connectivity index (χ1v) is 6.86. The van der Waals surface area contributed by atoms with E-state index in [0.29, 0.717) is 11.7 Å². The second kappa shape index (κ2) is 7.19. The van der Waals surface area contributed by atoms with E-state index in [1.54, 1.807) is 12.4 Å². The minimum atomic E-state index is -0.165. The normalized spacial score (nSPS) is 11.5. The molecule has 1 heterocycles. The number of unbranched alkanes of at least 4 members (excludes halogenated alkanes) is 2. The molecule has 0 aliphatic heterocycles. The lowest BCUT2D eigenvalue weighted by Gasteiger charge is -2.29. The molecule has 1 rings (SSSR count). The Morgan fingerprint density at radius 2 is 1.61 bits per heavy atom. The van der Waals surface area contributed by atoms with Gasteiger partial charge in [-0.15, -0.1) is 0 Å². The molecule has 0 spiro atoms. The lowest BCUT2D eigenvalue weighted by atomic mass is 9.93. The molecule has 102 valence electrons. The average molecular weight is 251 g/mol. The number of aromatic nitrogens is 2. The lowest BCUT2D eigenvalue weighted by molar-refractivity contribution is 0.0543. The van der Waals surface area contributed by atoms with Crippen molar-refractivity contribution in [2.75, 3.05) is 5.73 Å². The second-order valence-corrected chi connectivity index (χ2v) is 5.06. The quantitative estimate of drug-likeness (QED) is 0.767. The zero-order valence-electron chi connectivity index (χ0n) is 11.8. The van der Waals surface area contributed by atoms with Gasteiger partial charge in [0.15, 0.2) is 0 Å². The third-order valence-corrected chi connectivity index (χ3v) is 3.10. The van der Waals surface area contributed by atoms with Crippen LogP contribution in [-0.4, -0.2) is 15.6 Å². The summed E-state index contributed by atoms with van der Waals surface area (Å²) in [6.45, 7) is 6.54. The smallest absolute Gasteiger partial charge is 0.316 e. The minimum absolute atomic E-state index is 0.165. The van der Waals surface area contributed by atoms with Crippen LogP contribution in [0.3, 0.4) is 0 Å². The number of rotatable bonds is 8. The number of hydrogen-bond donors (Lipinski definition) is 1. The maximum Gasteiger partial charge on any atom is 0.316 e. The molecule has 0 fully saturated rings. The summed E-state index contributed by atoms with van der Waals surface area (Å²) in [6.07, 6.45) is 9.92. The van der Waals surface area contributed by atoms with E-state index < -0.39 is 0 Å². The Balaban J connectivity index is 2.67. The molecule has 0 aliphatic rings. The summed E-state index contributed by atoms with van der Waals surface area (Å²) in [6, 6.07) is 0.430. The highest BCUT2D eigenvalue weighted by Gasteiger charge is 2.26. The van der Waals surface area contributed by atoms with Crippen molar-refractivity contribution in [3.63, 3.8) is 0 Å². The van der Waals surface area contributed by atoms with Crippen LogP contribution in [0.1, 0.15) is 59.3 Å². The predicted molar refractivity (Wildman–Crippen MR) is 74.5 cm³/mol. The largest absolute Gasteiger partial charge is 0.457 e. The van der Waals surface area contributed by atoms with Crippen molar-refractivity contribution in [1.29, 1.82) is 0 Å². The van der Waals surface area contributed by atoms with Gasteiger partial charge >= 0.3 is 6.01 Å². The van der Waals surface area contributed by atoms with E-state index in [-0.39, 0.29) is 5.60 Å². The van der Waals surface area contributed by atoms with E-state index >= 15 is 0 Å². The molecule has 1 aromatic rings. The molecule has 0 bridgehead atoms. The van der Waals surface area contributed by atoms with Crippen molar-refractivity contribution < 1.29 is 4.74 Å². The van der Waals surface area contributed by atoms with Crippen LogP contribution >= 0.6 is 0 Å². The highest BCUT2D eigenvalue weighted by Crippen LogP contribution is 2.26. The fourth-order valence-electron chi connectivity index (χ4n) is 1.93. The van der Waals surface area contributed by atoms with Gasteiger partial charge in [0.2, 0.25) is 0 Å². The Hall–Kier alpha value is -1.32. The molecule has 0 aromatic carbocycles. The Kier molecular flexibility index (Phi) is 5.89. The molecule has 4 nitrogen and oxygen atoms in total. The predicted octanol–water partition coefficient (Wildman–Crippen LogP) is 3.58. The van der Waals surface area contributed by atoms with Crippen LogP contribution in [0.4, 0.5) is 5.69 Å². The van der Waals surface area contributed by atoms with Gasteiger partial charge in [-0.1, -0.05) is 26.7 Å². The molecule has 0 saturated carbocycles. The van der Waals surface area contributed by atoms with Crippen molar-refractivity contribution in [3.8, 4) is 6.01 Å². The molecule has 0 amide bonds. The first-order chi connectivity index (χ1) is 8.59. The SMILES string of the molecule is CCCCC(C)(CCCC)Oc1ncc(N)cn1. The van der Waals surface area contributed by atoms with E-state index in [2.05, 4.69) is 30.7 Å². The van der Waals surface area contributed by atoms with Gasteiger partial charge in [0.25, 0.3) is 0 Å². The van der Waals surface area contributed by atoms with Gasteiger partial charge in [-0.05, 0) is 32.6 Å². The summed E-state index contributed by atoms with van der Waals surface area (Å²) in [5.41, 5.74) is 5.97. The highest BCUT2D eigenvalue weighted by atomic mass is 16.5. The standard InChI is InChI=1S/C14H25N3O/c1-4-6-8-14(3,9-7-5-2)18-13-16-10-12(15)11-17-13/h10-11H,4-9,15H2,1-3H3. The van der Waals surface area contributed by atoms with Crippen molar-refractivity contribution in [2.24, 2.45) is 0 Å². The topological polar surface area (TPSA) is 61.0 Å². The number of anilines is 1. The zero-order valence-corrected chi connectivity index (χ0v) is 11.8. The third-order valence-electron chi connectivity index (χ3n) is 3.10. The molecule has 18 heavy (non-hydrogen) atoms. The molecule has 0 radical (unpaired) electrons. The molecular formula is C14H25N3O. The van der Waals surface area contributed by atoms with Crippen LogP contribution in [0, 0.1) is 0 Å². The maximum absolute atomic E-state index is 5.98. The summed E-state index contributed by atoms with van der Waals surface area (Å²) >= 11 is 0. The summed E-state index contributed by atoms with van der Waals surface area (Å²) in [7, 11) is 0. The average Bonchev–Trinajstić information content (AvgIpc) is 2.37. The third kappa shape index (κ3) is 4.90. The Morgan fingerprint density at radius 3 is 2.06 bits per heavy atom. The van der Waals surface area contributed by atoms with Gasteiger partial charge < -0.3 is 10.5 Å². The Morgan fingerprint density at radius 1 is 1.11 bits per heavy atom. The Bertz CT molecular complexity index is 329. The van der Waals surface area contributed by atoms with Gasteiger partial charge in [-0.25, -0.2) is 9.97 Å². The minimum Gasteiger partial charge on any atom is -0.457 e. The van der Waals surface area contributed by atoms with Crippen molar-refractivity contribution in [2.45, 2.75) is 64.9 Å². The van der Waals surface area contributed by atoms with Crippen LogP contribution in [0.5, 0.6) is 6.01 Å². The molecule has 0 saturated heterocycles. The maximum atomic E-state index is 5.98. The summed E-state index contributed by atoms with van der Waals surface area (Å²) in [4.78, 5) is 8.24. The van der Waals surface area contributed by atoms with Crippen LogP contribution < -0.4 is 10.5 Å². The van der Waals surface area contributed by atoms with Gasteiger partial charge in [-0.2, -0.15) is 0 Å². The molecule has 1 aromatic heterocycles. The van der Waals surface area contributed by atoms with Gasteiger partial charge in [0, 0.05) is 0 Å². The fraction of sp³-hybridized carbons (Fsp3) is 0.714. The summed E-state index contributed by atoms with van der Waals surface area (Å²) in [5.74, 6) is 0. The van der Waals surface area contributed by atoms with Crippen molar-refractivity contribution in [3.05, 3.63) is 12.4 Å². The summed E-state index contributed by atoms with van der Waals surface area (Å²) < 4.78 is 5.98. The van der Waals surface area contributed by atoms with Crippen molar-refractivity contribution in [1.82, 2.24) is 9.97 Å². The molecule has 4 heteroatoms. The molecule has 0 unspecified atom stereocenters. The van der Waals surface area contributed by atoms with Gasteiger partial charge in [-0.3, -0.25) is 0 Å². The van der Waals surface area contributed by atoms with E-state index in [0.717, 1.165) is 25.7 Å². The molecular weight excluding hydrogens is 226 g/mol. The van der Waals surface area contributed by atoms with Crippen LogP contribution in [0.25, 0.3) is 0 Å². The zero-order chi connectivity index (χ0) is 13.4. The van der Waals surface area contributed by atoms with E-state index in [9.17, 15) is 0 Å². The lowest BCUT2D eigenvalue weighted by Crippen LogP contribution is -2.33. The Labute approximate surface area is 110 Å². The number of nitrogens with two attached hydrogens (primary N) is 1. The molecule has 0 atom stereocenters. The summed E-state index contributed by atoms with van der Waals surface area (Å²) in [5, 5.41) is 0. The van der Waals surface area contributed by atoms with Crippen molar-refractivity contribution >= 4 is 5.69 Å². The van der Waals surface area contributed by atoms with Crippen LogP contribution in [-0.2, 0) is 0 Å².